The zero-order valence-electron chi connectivity index (χ0n) is 17.5. The van der Waals surface area contributed by atoms with Crippen molar-refractivity contribution >= 4 is 11.6 Å². The van der Waals surface area contributed by atoms with Gasteiger partial charge in [0.15, 0.2) is 0 Å². The number of pyridine rings is 1. The average Bonchev–Trinajstić information content (AvgIpc) is 2.73. The van der Waals surface area contributed by atoms with Crippen molar-refractivity contribution in [3.05, 3.63) is 53.9 Å². The topological polar surface area (TPSA) is 54.9 Å². The lowest BCUT2D eigenvalue weighted by atomic mass is 9.89. The first kappa shape index (κ1) is 19.5. The lowest BCUT2D eigenvalue weighted by molar-refractivity contribution is -0.231. The maximum absolute atomic E-state index is 12.3. The molecular weight excluding hydrogens is 378 g/mol. The highest BCUT2D eigenvalue weighted by Crippen LogP contribution is 2.40. The first-order valence-electron chi connectivity index (χ1n) is 11.0. The molecule has 1 aromatic heterocycles. The molecule has 1 aliphatic carbocycles. The molecule has 3 aliphatic rings. The third-order valence-corrected chi connectivity index (χ3v) is 6.74. The predicted molar refractivity (Wildman–Crippen MR) is 114 cm³/mol. The summed E-state index contributed by atoms with van der Waals surface area (Å²) >= 11 is 0. The van der Waals surface area contributed by atoms with Crippen molar-refractivity contribution in [1.29, 1.82) is 0 Å². The number of carbonyl (C=O) groups is 1. The Morgan fingerprint density at radius 2 is 2.10 bits per heavy atom. The number of hydrogen-bond acceptors (Lipinski definition) is 5. The van der Waals surface area contributed by atoms with Crippen molar-refractivity contribution < 1.29 is 14.3 Å². The second-order valence-corrected chi connectivity index (χ2v) is 8.68. The van der Waals surface area contributed by atoms with E-state index >= 15 is 0 Å². The van der Waals surface area contributed by atoms with Crippen LogP contribution in [0.1, 0.15) is 50.2 Å². The number of piperidine rings is 1. The van der Waals surface area contributed by atoms with Crippen molar-refractivity contribution in [1.82, 2.24) is 9.88 Å². The van der Waals surface area contributed by atoms with E-state index in [1.165, 1.54) is 19.3 Å². The smallest absolute Gasteiger partial charge is 0.224 e. The molecule has 1 spiro atoms. The van der Waals surface area contributed by atoms with E-state index in [1.807, 2.05) is 30.3 Å². The van der Waals surface area contributed by atoms with Crippen LogP contribution >= 0.6 is 0 Å². The van der Waals surface area contributed by atoms with Gasteiger partial charge in [-0.15, -0.1) is 0 Å². The Labute approximate surface area is 177 Å². The molecule has 0 bridgehead atoms. The number of rotatable bonds is 4. The number of hydrogen-bond donors (Lipinski definition) is 0. The highest BCUT2D eigenvalue weighted by Gasteiger charge is 2.42. The molecule has 0 N–H and O–H groups in total. The number of anilines is 1. The lowest BCUT2D eigenvalue weighted by Crippen LogP contribution is -2.54. The lowest BCUT2D eigenvalue weighted by Gasteiger charge is -2.47. The molecule has 0 unspecified atom stereocenters. The van der Waals surface area contributed by atoms with Gasteiger partial charge < -0.3 is 14.4 Å². The monoisotopic (exact) mass is 407 g/mol. The second-order valence-electron chi connectivity index (χ2n) is 8.68. The molecule has 2 aliphatic heterocycles. The molecule has 1 aromatic carbocycles. The Hall–Kier alpha value is -2.44. The van der Waals surface area contributed by atoms with Gasteiger partial charge in [0.05, 0.1) is 13.2 Å². The SMILES string of the molecule is CC(=O)N(Cc1cccnc1)c1ccc2c(c1)COC1(CCN(C3CCC3)CC1)O2. The van der Waals surface area contributed by atoms with Crippen LogP contribution in [0.2, 0.25) is 0 Å². The number of carbonyl (C=O) groups excluding carboxylic acids is 1. The number of amides is 1. The molecule has 2 aromatic rings. The van der Waals surface area contributed by atoms with Gasteiger partial charge >= 0.3 is 0 Å². The maximum Gasteiger partial charge on any atom is 0.224 e. The quantitative estimate of drug-likeness (QED) is 0.770. The van der Waals surface area contributed by atoms with Crippen molar-refractivity contribution in [2.24, 2.45) is 0 Å². The van der Waals surface area contributed by atoms with E-state index in [0.717, 1.165) is 54.5 Å². The summed E-state index contributed by atoms with van der Waals surface area (Å²) in [7, 11) is 0. The number of benzene rings is 1. The van der Waals surface area contributed by atoms with Crippen molar-refractivity contribution in [3.63, 3.8) is 0 Å². The molecule has 6 nitrogen and oxygen atoms in total. The first-order chi connectivity index (χ1) is 14.6. The van der Waals surface area contributed by atoms with Crippen LogP contribution in [0.4, 0.5) is 5.69 Å². The molecule has 0 atom stereocenters. The number of fused-ring (bicyclic) bond motifs is 1. The third kappa shape index (κ3) is 3.82. The van der Waals surface area contributed by atoms with Crippen LogP contribution in [-0.2, 0) is 22.7 Å². The minimum Gasteiger partial charge on any atom is -0.462 e. The Balaban J connectivity index is 1.29. The molecule has 158 valence electrons. The summed E-state index contributed by atoms with van der Waals surface area (Å²) in [5, 5.41) is 0. The van der Waals surface area contributed by atoms with Gasteiger partial charge in [-0.25, -0.2) is 0 Å². The molecule has 1 amide bonds. The van der Waals surface area contributed by atoms with E-state index in [0.29, 0.717) is 13.2 Å². The van der Waals surface area contributed by atoms with Gasteiger partial charge in [0.2, 0.25) is 11.7 Å². The zero-order valence-corrected chi connectivity index (χ0v) is 17.5. The molecule has 1 saturated heterocycles. The highest BCUT2D eigenvalue weighted by atomic mass is 16.7. The van der Waals surface area contributed by atoms with Gasteiger partial charge in [-0.1, -0.05) is 12.5 Å². The Kier molecular flexibility index (Phi) is 5.21. The van der Waals surface area contributed by atoms with Crippen LogP contribution in [0, 0.1) is 0 Å². The number of nitrogens with zero attached hydrogens (tertiary/aromatic N) is 3. The van der Waals surface area contributed by atoms with Gasteiger partial charge in [-0.05, 0) is 42.7 Å². The summed E-state index contributed by atoms with van der Waals surface area (Å²) in [5.41, 5.74) is 2.85. The minimum absolute atomic E-state index is 0.00344. The molecule has 3 heterocycles. The fourth-order valence-corrected chi connectivity index (χ4v) is 4.67. The third-order valence-electron chi connectivity index (χ3n) is 6.74. The molecule has 0 radical (unpaired) electrons. The van der Waals surface area contributed by atoms with Gasteiger partial charge in [0.25, 0.3) is 0 Å². The summed E-state index contributed by atoms with van der Waals surface area (Å²) in [6, 6.07) is 10.6. The Morgan fingerprint density at radius 1 is 1.27 bits per heavy atom. The van der Waals surface area contributed by atoms with Crippen molar-refractivity contribution in [3.8, 4) is 5.75 Å². The highest BCUT2D eigenvalue weighted by molar-refractivity contribution is 5.91. The standard InChI is InChI=1S/C24H29N3O3/c1-18(28)27(16-19-4-3-11-25-15-19)22-7-8-23-20(14-22)17-29-24(30-23)9-12-26(13-10-24)21-5-2-6-21/h3-4,7-8,11,14-15,21H,2,5-6,9-10,12-13,16-17H2,1H3. The van der Waals surface area contributed by atoms with Crippen LogP contribution < -0.4 is 9.64 Å². The largest absolute Gasteiger partial charge is 0.462 e. The molecule has 30 heavy (non-hydrogen) atoms. The molecule has 6 heteroatoms. The van der Waals surface area contributed by atoms with Gasteiger partial charge in [-0.3, -0.25) is 14.7 Å². The van der Waals surface area contributed by atoms with E-state index in [1.54, 1.807) is 24.2 Å². The predicted octanol–water partition coefficient (Wildman–Crippen LogP) is 3.89. The van der Waals surface area contributed by atoms with E-state index in [9.17, 15) is 4.79 Å². The first-order valence-corrected chi connectivity index (χ1v) is 11.0. The van der Waals surface area contributed by atoms with Crippen LogP contribution in [0.25, 0.3) is 0 Å². The normalized spacial score (nSPS) is 20.8. The van der Waals surface area contributed by atoms with Crippen molar-refractivity contribution in [2.75, 3.05) is 18.0 Å². The van der Waals surface area contributed by atoms with Gasteiger partial charge in [0, 0.05) is 62.5 Å². The molecule has 5 rings (SSSR count). The van der Waals surface area contributed by atoms with E-state index in [-0.39, 0.29) is 5.91 Å². The number of likely N-dealkylation sites (tertiary alicyclic amines) is 1. The minimum atomic E-state index is -0.495. The summed E-state index contributed by atoms with van der Waals surface area (Å²) in [4.78, 5) is 20.8. The number of aromatic nitrogens is 1. The van der Waals surface area contributed by atoms with Crippen LogP contribution in [0.3, 0.4) is 0 Å². The van der Waals surface area contributed by atoms with Crippen molar-refractivity contribution in [2.45, 2.75) is 64.0 Å². The van der Waals surface area contributed by atoms with Crippen LogP contribution in [-0.4, -0.2) is 40.7 Å². The van der Waals surface area contributed by atoms with Gasteiger partial charge in [0.1, 0.15) is 5.75 Å². The van der Waals surface area contributed by atoms with Gasteiger partial charge in [-0.2, -0.15) is 0 Å². The van der Waals surface area contributed by atoms with E-state index < -0.39 is 5.79 Å². The zero-order chi connectivity index (χ0) is 20.6. The Morgan fingerprint density at radius 3 is 2.77 bits per heavy atom. The Bertz CT molecular complexity index is 905. The fraction of sp³-hybridized carbons (Fsp3) is 0.500. The maximum atomic E-state index is 12.3. The summed E-state index contributed by atoms with van der Waals surface area (Å²) in [5.74, 6) is 0.383. The molecular formula is C24H29N3O3. The summed E-state index contributed by atoms with van der Waals surface area (Å²) < 4.78 is 12.7. The number of ether oxygens (including phenoxy) is 2. The fourth-order valence-electron chi connectivity index (χ4n) is 4.67. The summed E-state index contributed by atoms with van der Waals surface area (Å²) in [6.45, 7) is 4.69. The van der Waals surface area contributed by atoms with Crippen LogP contribution in [0.15, 0.2) is 42.7 Å². The molecule has 2 fully saturated rings. The van der Waals surface area contributed by atoms with E-state index in [2.05, 4.69) is 9.88 Å². The average molecular weight is 408 g/mol. The van der Waals surface area contributed by atoms with Crippen LogP contribution in [0.5, 0.6) is 5.75 Å². The second kappa shape index (κ2) is 8.00. The van der Waals surface area contributed by atoms with E-state index in [4.69, 9.17) is 9.47 Å². The molecule has 1 saturated carbocycles. The summed E-state index contributed by atoms with van der Waals surface area (Å²) in [6.07, 6.45) is 9.39.